The van der Waals surface area contributed by atoms with Crippen molar-refractivity contribution < 1.29 is 0 Å². The van der Waals surface area contributed by atoms with E-state index in [0.29, 0.717) is 0 Å². The molecule has 0 radical (unpaired) electrons. The highest BCUT2D eigenvalue weighted by Gasteiger charge is 2.41. The lowest BCUT2D eigenvalue weighted by atomic mass is 10.3. The lowest BCUT2D eigenvalue weighted by Crippen LogP contribution is -2.74. The maximum absolute atomic E-state index is 3.59. The standard InChI is InChI=1S/C30H25NSi/c1-5-14-25(15-6-1)31-26-16-13-23-30(24-26)32(27-17-7-2-8-18-27,28-19-9-3-10-20-28)29-21-11-4-12-22-29/h1-24,31H. The Bertz CT molecular complexity index is 1170. The molecule has 1 nitrogen and oxygen atoms in total. The van der Waals surface area contributed by atoms with Crippen LogP contribution in [-0.2, 0) is 0 Å². The van der Waals surface area contributed by atoms with Crippen LogP contribution in [0.5, 0.6) is 0 Å². The molecule has 0 aliphatic carbocycles. The predicted octanol–water partition coefficient (Wildman–Crippen LogP) is 4.81. The van der Waals surface area contributed by atoms with E-state index in [1.807, 2.05) is 6.07 Å². The van der Waals surface area contributed by atoms with E-state index >= 15 is 0 Å². The molecule has 2 heteroatoms. The van der Waals surface area contributed by atoms with Crippen LogP contribution in [0.25, 0.3) is 0 Å². The second-order valence-corrected chi connectivity index (χ2v) is 11.7. The van der Waals surface area contributed by atoms with Crippen LogP contribution in [-0.4, -0.2) is 8.07 Å². The Balaban J connectivity index is 1.77. The summed E-state index contributed by atoms with van der Waals surface area (Å²) in [6.45, 7) is 0. The van der Waals surface area contributed by atoms with E-state index in [0.717, 1.165) is 11.4 Å². The van der Waals surface area contributed by atoms with Gasteiger partial charge in [-0.2, -0.15) is 0 Å². The molecule has 0 amide bonds. The molecule has 32 heavy (non-hydrogen) atoms. The van der Waals surface area contributed by atoms with Crippen molar-refractivity contribution in [3.05, 3.63) is 146 Å². The van der Waals surface area contributed by atoms with Gasteiger partial charge in [-0.3, -0.25) is 0 Å². The fourth-order valence-electron chi connectivity index (χ4n) is 4.58. The first kappa shape index (κ1) is 20.0. The average molecular weight is 428 g/mol. The number of para-hydroxylation sites is 1. The molecule has 0 atom stereocenters. The first-order chi connectivity index (χ1) is 15.9. The monoisotopic (exact) mass is 427 g/mol. The van der Waals surface area contributed by atoms with Gasteiger partial charge in [0.1, 0.15) is 0 Å². The van der Waals surface area contributed by atoms with Crippen molar-refractivity contribution in [1.82, 2.24) is 0 Å². The van der Waals surface area contributed by atoms with Crippen molar-refractivity contribution >= 4 is 40.2 Å². The summed E-state index contributed by atoms with van der Waals surface area (Å²) in [5, 5.41) is 9.11. The highest BCUT2D eigenvalue weighted by molar-refractivity contribution is 7.19. The van der Waals surface area contributed by atoms with Gasteiger partial charge in [-0.15, -0.1) is 0 Å². The molecule has 0 saturated heterocycles. The van der Waals surface area contributed by atoms with Gasteiger partial charge < -0.3 is 5.32 Å². The van der Waals surface area contributed by atoms with E-state index in [-0.39, 0.29) is 0 Å². The molecule has 0 saturated carbocycles. The van der Waals surface area contributed by atoms with Gasteiger partial charge in [0.25, 0.3) is 0 Å². The van der Waals surface area contributed by atoms with Gasteiger partial charge in [0.15, 0.2) is 8.07 Å². The van der Waals surface area contributed by atoms with Gasteiger partial charge in [0, 0.05) is 11.4 Å². The molecule has 0 heterocycles. The van der Waals surface area contributed by atoms with Crippen LogP contribution in [0, 0.1) is 0 Å². The zero-order valence-corrected chi connectivity index (χ0v) is 18.9. The van der Waals surface area contributed by atoms with Crippen LogP contribution in [0.4, 0.5) is 11.4 Å². The topological polar surface area (TPSA) is 12.0 Å². The van der Waals surface area contributed by atoms with Crippen molar-refractivity contribution in [2.75, 3.05) is 5.32 Å². The smallest absolute Gasteiger partial charge is 0.179 e. The van der Waals surface area contributed by atoms with Gasteiger partial charge >= 0.3 is 0 Å². The summed E-state index contributed by atoms with van der Waals surface area (Å²) in [7, 11) is -2.49. The number of rotatable bonds is 6. The van der Waals surface area contributed by atoms with Crippen LogP contribution >= 0.6 is 0 Å². The third-order valence-electron chi connectivity index (χ3n) is 5.98. The molecule has 0 aliphatic rings. The zero-order valence-electron chi connectivity index (χ0n) is 17.9. The van der Waals surface area contributed by atoms with Crippen LogP contribution in [0.2, 0.25) is 0 Å². The molecule has 1 N–H and O–H groups in total. The van der Waals surface area contributed by atoms with Gasteiger partial charge in [-0.25, -0.2) is 0 Å². The Morgan fingerprint density at radius 2 is 0.719 bits per heavy atom. The fourth-order valence-corrected chi connectivity index (χ4v) is 9.38. The van der Waals surface area contributed by atoms with E-state index in [4.69, 9.17) is 0 Å². The fraction of sp³-hybridized carbons (Fsp3) is 0. The number of benzene rings is 5. The Kier molecular flexibility index (Phi) is 5.69. The largest absolute Gasteiger partial charge is 0.356 e. The molecule has 0 fully saturated rings. The third-order valence-corrected chi connectivity index (χ3v) is 10.8. The quantitative estimate of drug-likeness (QED) is 0.303. The molecule has 154 valence electrons. The highest BCUT2D eigenvalue weighted by atomic mass is 28.3. The van der Waals surface area contributed by atoms with Crippen molar-refractivity contribution in [1.29, 1.82) is 0 Å². The van der Waals surface area contributed by atoms with E-state index < -0.39 is 8.07 Å². The van der Waals surface area contributed by atoms with E-state index in [9.17, 15) is 0 Å². The Hall–Kier alpha value is -3.88. The molecule has 0 aromatic heterocycles. The number of nitrogens with one attached hydrogen (secondary N) is 1. The molecular weight excluding hydrogens is 402 g/mol. The normalized spacial score (nSPS) is 11.1. The molecule has 5 aromatic carbocycles. The molecule has 0 unspecified atom stereocenters. The van der Waals surface area contributed by atoms with E-state index in [1.165, 1.54) is 20.7 Å². The van der Waals surface area contributed by atoms with E-state index in [1.54, 1.807) is 0 Å². The van der Waals surface area contributed by atoms with Gasteiger partial charge in [0.05, 0.1) is 0 Å². The van der Waals surface area contributed by atoms with E-state index in [2.05, 4.69) is 145 Å². The molecule has 0 aliphatic heterocycles. The summed E-state index contributed by atoms with van der Waals surface area (Å²) < 4.78 is 0. The van der Waals surface area contributed by atoms with Gasteiger partial charge in [0.2, 0.25) is 0 Å². The minimum Gasteiger partial charge on any atom is -0.356 e. The van der Waals surface area contributed by atoms with Crippen molar-refractivity contribution in [3.8, 4) is 0 Å². The maximum atomic E-state index is 3.59. The Morgan fingerprint density at radius 1 is 0.344 bits per heavy atom. The number of hydrogen-bond donors (Lipinski definition) is 1. The summed E-state index contributed by atoms with van der Waals surface area (Å²) in [5.74, 6) is 0. The van der Waals surface area contributed by atoms with Crippen molar-refractivity contribution in [3.63, 3.8) is 0 Å². The zero-order chi connectivity index (χ0) is 21.6. The molecule has 0 bridgehead atoms. The summed E-state index contributed by atoms with van der Waals surface area (Å²) in [6.07, 6.45) is 0. The third kappa shape index (κ3) is 3.77. The number of anilines is 2. The predicted molar refractivity (Wildman–Crippen MR) is 140 cm³/mol. The van der Waals surface area contributed by atoms with Crippen molar-refractivity contribution in [2.24, 2.45) is 0 Å². The molecule has 0 spiro atoms. The summed E-state index contributed by atoms with van der Waals surface area (Å²) >= 11 is 0. The highest BCUT2D eigenvalue weighted by Crippen LogP contribution is 2.17. The summed E-state index contributed by atoms with van der Waals surface area (Å²) in [4.78, 5) is 0. The second-order valence-electron chi connectivity index (χ2n) is 7.92. The first-order valence-electron chi connectivity index (χ1n) is 11.0. The second kappa shape index (κ2) is 9.09. The van der Waals surface area contributed by atoms with Crippen LogP contribution < -0.4 is 26.1 Å². The summed E-state index contributed by atoms with van der Waals surface area (Å²) in [6, 6.07) is 52.4. The lowest BCUT2D eigenvalue weighted by molar-refractivity contribution is 1.56. The SMILES string of the molecule is c1ccc(Nc2cccc([Si](c3ccccc3)(c3ccccc3)c3ccccc3)c2)cc1. The average Bonchev–Trinajstić information content (AvgIpc) is 2.88. The summed E-state index contributed by atoms with van der Waals surface area (Å²) in [5.41, 5.74) is 2.20. The molecule has 5 aromatic rings. The van der Waals surface area contributed by atoms with Crippen LogP contribution in [0.15, 0.2) is 146 Å². The minimum absolute atomic E-state index is 1.09. The maximum Gasteiger partial charge on any atom is 0.179 e. The molecular formula is C30H25NSi. The van der Waals surface area contributed by atoms with Gasteiger partial charge in [-0.1, -0.05) is 121 Å². The minimum atomic E-state index is -2.49. The first-order valence-corrected chi connectivity index (χ1v) is 13.0. The molecule has 5 rings (SSSR count). The van der Waals surface area contributed by atoms with Gasteiger partial charge in [-0.05, 0) is 45.0 Å². The number of hydrogen-bond acceptors (Lipinski definition) is 1. The Morgan fingerprint density at radius 3 is 1.19 bits per heavy atom. The van der Waals surface area contributed by atoms with Crippen LogP contribution in [0.3, 0.4) is 0 Å². The lowest BCUT2D eigenvalue weighted by Gasteiger charge is -2.34. The van der Waals surface area contributed by atoms with Crippen molar-refractivity contribution in [2.45, 2.75) is 0 Å². The van der Waals surface area contributed by atoms with Crippen LogP contribution in [0.1, 0.15) is 0 Å². The Labute approximate surface area is 191 Å².